The third-order valence-corrected chi connectivity index (χ3v) is 3.46. The van der Waals surface area contributed by atoms with Crippen LogP contribution in [-0.2, 0) is 6.54 Å². The summed E-state index contributed by atoms with van der Waals surface area (Å²) in [6.45, 7) is 1.73. The molecule has 2 amide bonds. The van der Waals surface area contributed by atoms with E-state index in [1.807, 2.05) is 30.3 Å². The lowest BCUT2D eigenvalue weighted by atomic mass is 10.2. The van der Waals surface area contributed by atoms with Crippen molar-refractivity contribution in [2.45, 2.75) is 6.54 Å². The summed E-state index contributed by atoms with van der Waals surface area (Å²) in [5.74, 6) is -0.222. The van der Waals surface area contributed by atoms with E-state index in [1.165, 1.54) is 6.07 Å². The first-order valence-electron chi connectivity index (χ1n) is 6.87. The summed E-state index contributed by atoms with van der Waals surface area (Å²) in [5, 5.41) is 5.95. The third-order valence-electron chi connectivity index (χ3n) is 3.46. The summed E-state index contributed by atoms with van der Waals surface area (Å²) in [5.41, 5.74) is 2.31. The Morgan fingerprint density at radius 2 is 2.05 bits per heavy atom. The first-order valence-corrected chi connectivity index (χ1v) is 6.87. The summed E-state index contributed by atoms with van der Waals surface area (Å²) >= 11 is 0. The minimum atomic E-state index is -0.222. The number of nitrogens with zero attached hydrogens (tertiary/aromatic N) is 1. The van der Waals surface area contributed by atoms with Crippen LogP contribution in [0, 0.1) is 5.82 Å². The Morgan fingerprint density at radius 1 is 1.19 bits per heavy atom. The van der Waals surface area contributed by atoms with Gasteiger partial charge in [-0.05, 0) is 24.3 Å². The number of hydrogen-bond acceptors (Lipinski definition) is 2. The third kappa shape index (κ3) is 2.97. The first kappa shape index (κ1) is 13.4. The number of halogens is 1. The van der Waals surface area contributed by atoms with Crippen LogP contribution >= 0.6 is 0 Å². The quantitative estimate of drug-likeness (QED) is 0.907. The molecule has 2 N–H and O–H groups in total. The predicted molar refractivity (Wildman–Crippen MR) is 80.9 cm³/mol. The number of benzene rings is 2. The van der Waals surface area contributed by atoms with E-state index in [4.69, 9.17) is 0 Å². The van der Waals surface area contributed by atoms with E-state index >= 15 is 0 Å². The molecule has 2 aromatic carbocycles. The van der Waals surface area contributed by atoms with E-state index < -0.39 is 0 Å². The van der Waals surface area contributed by atoms with Crippen molar-refractivity contribution < 1.29 is 9.18 Å². The Balaban J connectivity index is 1.72. The summed E-state index contributed by atoms with van der Waals surface area (Å²) in [7, 11) is 0. The van der Waals surface area contributed by atoms with Crippen molar-refractivity contribution >= 4 is 17.4 Å². The van der Waals surface area contributed by atoms with Crippen LogP contribution in [-0.4, -0.2) is 19.1 Å². The number of amides is 2. The van der Waals surface area contributed by atoms with Crippen LogP contribution in [0.1, 0.15) is 5.56 Å². The zero-order valence-corrected chi connectivity index (χ0v) is 11.5. The second kappa shape index (κ2) is 5.83. The zero-order valence-electron chi connectivity index (χ0n) is 11.5. The molecule has 21 heavy (non-hydrogen) atoms. The highest BCUT2D eigenvalue weighted by atomic mass is 19.1. The van der Waals surface area contributed by atoms with Crippen LogP contribution < -0.4 is 15.5 Å². The van der Waals surface area contributed by atoms with Gasteiger partial charge >= 0.3 is 6.03 Å². The molecule has 1 aliphatic rings. The molecule has 2 aromatic rings. The molecule has 1 heterocycles. The van der Waals surface area contributed by atoms with Gasteiger partial charge in [0.25, 0.3) is 0 Å². The number of anilines is 2. The van der Waals surface area contributed by atoms with Crippen molar-refractivity contribution in [3.05, 3.63) is 59.9 Å². The average Bonchev–Trinajstić information content (AvgIpc) is 2.93. The second-order valence-corrected chi connectivity index (χ2v) is 4.88. The highest BCUT2D eigenvalue weighted by molar-refractivity contribution is 5.94. The van der Waals surface area contributed by atoms with Crippen LogP contribution in [0.3, 0.4) is 0 Å². The smallest absolute Gasteiger partial charge is 0.321 e. The molecule has 1 fully saturated rings. The minimum Gasteiger partial charge on any atom is -0.381 e. The SMILES string of the molecule is O=C1NCCN1c1cccc(NCc2ccccc2F)c1. The van der Waals surface area contributed by atoms with Gasteiger partial charge in [-0.2, -0.15) is 0 Å². The van der Waals surface area contributed by atoms with Crippen molar-refractivity contribution in [1.29, 1.82) is 0 Å². The maximum Gasteiger partial charge on any atom is 0.321 e. The van der Waals surface area contributed by atoms with Gasteiger partial charge in [-0.15, -0.1) is 0 Å². The lowest BCUT2D eigenvalue weighted by Crippen LogP contribution is -2.27. The molecule has 0 aromatic heterocycles. The van der Waals surface area contributed by atoms with Crippen LogP contribution in [0.25, 0.3) is 0 Å². The lowest BCUT2D eigenvalue weighted by Gasteiger charge is -2.16. The molecule has 0 saturated carbocycles. The lowest BCUT2D eigenvalue weighted by molar-refractivity contribution is 0.252. The van der Waals surface area contributed by atoms with Gasteiger partial charge in [0.15, 0.2) is 0 Å². The highest BCUT2D eigenvalue weighted by Gasteiger charge is 2.20. The van der Waals surface area contributed by atoms with Gasteiger partial charge in [0.05, 0.1) is 0 Å². The Kier molecular flexibility index (Phi) is 3.73. The van der Waals surface area contributed by atoms with Crippen molar-refractivity contribution in [2.24, 2.45) is 0 Å². The Morgan fingerprint density at radius 3 is 2.81 bits per heavy atom. The fourth-order valence-corrected chi connectivity index (χ4v) is 2.34. The summed E-state index contributed by atoms with van der Waals surface area (Å²) in [4.78, 5) is 13.3. The van der Waals surface area contributed by atoms with E-state index in [2.05, 4.69) is 10.6 Å². The van der Waals surface area contributed by atoms with E-state index in [0.717, 1.165) is 11.4 Å². The van der Waals surface area contributed by atoms with E-state index in [-0.39, 0.29) is 11.8 Å². The van der Waals surface area contributed by atoms with E-state index in [0.29, 0.717) is 25.2 Å². The van der Waals surface area contributed by atoms with Gasteiger partial charge in [0, 0.05) is 36.6 Å². The molecule has 0 bridgehead atoms. The minimum absolute atomic E-state index is 0.0822. The normalized spacial score (nSPS) is 14.1. The van der Waals surface area contributed by atoms with Crippen LogP contribution in [0.2, 0.25) is 0 Å². The van der Waals surface area contributed by atoms with Crippen LogP contribution in [0.5, 0.6) is 0 Å². The van der Waals surface area contributed by atoms with Gasteiger partial charge in [-0.1, -0.05) is 24.3 Å². The molecule has 4 nitrogen and oxygen atoms in total. The van der Waals surface area contributed by atoms with E-state index in [1.54, 1.807) is 17.0 Å². The monoisotopic (exact) mass is 285 g/mol. The summed E-state index contributed by atoms with van der Waals surface area (Å²) < 4.78 is 13.6. The van der Waals surface area contributed by atoms with Crippen molar-refractivity contribution in [3.8, 4) is 0 Å². The second-order valence-electron chi connectivity index (χ2n) is 4.88. The molecular formula is C16H16FN3O. The molecule has 1 saturated heterocycles. The van der Waals surface area contributed by atoms with Gasteiger partial charge in [0.2, 0.25) is 0 Å². The first-order chi connectivity index (χ1) is 10.2. The molecule has 5 heteroatoms. The Labute approximate surface area is 122 Å². The molecule has 0 spiro atoms. The van der Waals surface area contributed by atoms with Gasteiger partial charge in [0.1, 0.15) is 5.82 Å². The Hall–Kier alpha value is -2.56. The zero-order chi connectivity index (χ0) is 14.7. The molecule has 0 atom stereocenters. The summed E-state index contributed by atoms with van der Waals surface area (Å²) in [6.07, 6.45) is 0. The Bertz CT molecular complexity index is 659. The van der Waals surface area contributed by atoms with Crippen LogP contribution in [0.15, 0.2) is 48.5 Å². The number of hydrogen-bond donors (Lipinski definition) is 2. The molecule has 3 rings (SSSR count). The fraction of sp³-hybridized carbons (Fsp3) is 0.188. The van der Waals surface area contributed by atoms with Gasteiger partial charge in [-0.25, -0.2) is 9.18 Å². The van der Waals surface area contributed by atoms with Crippen molar-refractivity contribution in [3.63, 3.8) is 0 Å². The van der Waals surface area contributed by atoms with Crippen molar-refractivity contribution in [2.75, 3.05) is 23.3 Å². The van der Waals surface area contributed by atoms with Gasteiger partial charge < -0.3 is 10.6 Å². The van der Waals surface area contributed by atoms with E-state index in [9.17, 15) is 9.18 Å². The van der Waals surface area contributed by atoms with Crippen LogP contribution in [0.4, 0.5) is 20.6 Å². The molecular weight excluding hydrogens is 269 g/mol. The summed E-state index contributed by atoms with van der Waals surface area (Å²) in [6, 6.07) is 14.2. The predicted octanol–water partition coefficient (Wildman–Crippen LogP) is 2.97. The molecule has 1 aliphatic heterocycles. The molecule has 0 unspecified atom stereocenters. The largest absolute Gasteiger partial charge is 0.381 e. The topological polar surface area (TPSA) is 44.4 Å². The fourth-order valence-electron chi connectivity index (χ4n) is 2.34. The standard InChI is InChI=1S/C16H16FN3O/c17-15-7-2-1-4-12(15)11-19-13-5-3-6-14(10-13)20-9-8-18-16(20)21/h1-7,10,19H,8-9,11H2,(H,18,21). The molecule has 0 radical (unpaired) electrons. The molecule has 108 valence electrons. The van der Waals surface area contributed by atoms with Crippen molar-refractivity contribution in [1.82, 2.24) is 5.32 Å². The number of carbonyl (C=O) groups is 1. The number of carbonyl (C=O) groups excluding carboxylic acids is 1. The highest BCUT2D eigenvalue weighted by Crippen LogP contribution is 2.21. The van der Waals surface area contributed by atoms with Gasteiger partial charge in [-0.3, -0.25) is 4.90 Å². The molecule has 0 aliphatic carbocycles. The number of urea groups is 1. The number of nitrogens with one attached hydrogen (secondary N) is 2. The maximum absolute atomic E-state index is 13.6. The average molecular weight is 285 g/mol. The number of rotatable bonds is 4. The maximum atomic E-state index is 13.6.